The molecule has 4 rings (SSSR count). The molecule has 0 aliphatic rings. The van der Waals surface area contributed by atoms with Gasteiger partial charge >= 0.3 is 0 Å². The van der Waals surface area contributed by atoms with Crippen molar-refractivity contribution in [1.82, 2.24) is 0 Å². The van der Waals surface area contributed by atoms with Gasteiger partial charge in [-0.2, -0.15) is 27.0 Å². The maximum atomic E-state index is 8.70. The van der Waals surface area contributed by atoms with Gasteiger partial charge in [0.25, 0.3) is 0 Å². The SMILES string of the molecule is Cc1ccc(N)cc1N.Nc1ccc(N)cc1.Nc1ccc(O)cc1.Nc1ccccc1.S.S.[Na].[Na]. The molecule has 2 radical (unpaired) electrons. The molecule has 0 unspecified atom stereocenters. The number of nitrogens with two attached hydrogens (primary N) is 6. The second kappa shape index (κ2) is 23.6. The summed E-state index contributed by atoms with van der Waals surface area (Å²) in [5.74, 6) is 0.249. The van der Waals surface area contributed by atoms with E-state index in [4.69, 9.17) is 39.5 Å². The molecule has 0 amide bonds. The first-order valence-electron chi connectivity index (χ1n) is 9.75. The van der Waals surface area contributed by atoms with E-state index in [1.807, 2.05) is 49.4 Å². The zero-order chi connectivity index (χ0) is 23.9. The van der Waals surface area contributed by atoms with E-state index in [0.717, 1.165) is 34.0 Å². The van der Waals surface area contributed by atoms with Crippen LogP contribution in [0.3, 0.4) is 0 Å². The molecule has 0 fully saturated rings. The summed E-state index contributed by atoms with van der Waals surface area (Å²) in [6, 6.07) is 28.5. The van der Waals surface area contributed by atoms with Crippen molar-refractivity contribution in [3.8, 4) is 5.75 Å². The van der Waals surface area contributed by atoms with Crippen molar-refractivity contribution < 1.29 is 5.11 Å². The number of aryl methyl sites for hydroxylation is 1. The average molecular weight is 547 g/mol. The molecule has 0 aliphatic carbocycles. The Morgan fingerprint density at radius 3 is 1.08 bits per heavy atom. The molecule has 7 nitrogen and oxygen atoms in total. The molecule has 0 spiro atoms. The molecule has 0 bridgehead atoms. The van der Waals surface area contributed by atoms with E-state index >= 15 is 0 Å². The Morgan fingerprint density at radius 1 is 0.472 bits per heavy atom. The molecule has 13 N–H and O–H groups in total. The summed E-state index contributed by atoms with van der Waals surface area (Å²) in [7, 11) is 0. The number of para-hydroxylation sites is 1. The first kappa shape index (κ1) is 41.3. The Hall–Kier alpha value is -1.82. The minimum absolute atomic E-state index is 0. The Kier molecular flexibility index (Phi) is 27.0. The molecule has 186 valence electrons. The number of phenols is 1. The second-order valence-corrected chi connectivity index (χ2v) is 6.78. The molecule has 0 aromatic heterocycles. The van der Waals surface area contributed by atoms with Gasteiger partial charge in [-0.15, -0.1) is 0 Å². The molecular formula is C25H36N6Na2OS2. The van der Waals surface area contributed by atoms with E-state index in [-0.39, 0.29) is 91.9 Å². The van der Waals surface area contributed by atoms with E-state index in [1.165, 1.54) is 0 Å². The van der Waals surface area contributed by atoms with Crippen LogP contribution < -0.4 is 34.4 Å². The first-order chi connectivity index (χ1) is 15.2. The van der Waals surface area contributed by atoms with Gasteiger partial charge in [0.05, 0.1) is 0 Å². The van der Waals surface area contributed by atoms with Crippen LogP contribution in [0.4, 0.5) is 34.1 Å². The number of rotatable bonds is 0. The fourth-order valence-electron chi connectivity index (χ4n) is 2.08. The van der Waals surface area contributed by atoms with E-state index in [0.29, 0.717) is 5.69 Å². The van der Waals surface area contributed by atoms with Crippen molar-refractivity contribution in [2.75, 3.05) is 34.4 Å². The Morgan fingerprint density at radius 2 is 0.806 bits per heavy atom. The zero-order valence-corrected chi connectivity index (χ0v) is 27.1. The van der Waals surface area contributed by atoms with Crippen molar-refractivity contribution in [2.24, 2.45) is 0 Å². The molecule has 0 heterocycles. The predicted octanol–water partition coefficient (Wildman–Crippen LogP) is 3.72. The van der Waals surface area contributed by atoms with Crippen LogP contribution in [-0.2, 0) is 0 Å². The van der Waals surface area contributed by atoms with Gasteiger partial charge < -0.3 is 39.5 Å². The summed E-state index contributed by atoms with van der Waals surface area (Å²) in [6.07, 6.45) is 0. The van der Waals surface area contributed by atoms with Gasteiger partial charge in [0.1, 0.15) is 5.75 Å². The van der Waals surface area contributed by atoms with Crippen LogP contribution in [-0.4, -0.2) is 64.2 Å². The number of benzene rings is 4. The van der Waals surface area contributed by atoms with Gasteiger partial charge in [0, 0.05) is 93.2 Å². The van der Waals surface area contributed by atoms with Crippen LogP contribution in [0.1, 0.15) is 5.56 Å². The largest absolute Gasteiger partial charge is 0.508 e. The van der Waals surface area contributed by atoms with Gasteiger partial charge in [0.15, 0.2) is 0 Å². The molecule has 4 aromatic rings. The summed E-state index contributed by atoms with van der Waals surface area (Å²) >= 11 is 0. The van der Waals surface area contributed by atoms with E-state index in [1.54, 1.807) is 54.6 Å². The zero-order valence-electron chi connectivity index (χ0n) is 21.1. The van der Waals surface area contributed by atoms with Crippen LogP contribution in [0.15, 0.2) is 97.1 Å². The van der Waals surface area contributed by atoms with Gasteiger partial charge in [-0.25, -0.2) is 0 Å². The summed E-state index contributed by atoms with van der Waals surface area (Å²) < 4.78 is 0. The molecular weight excluding hydrogens is 510 g/mol. The summed E-state index contributed by atoms with van der Waals surface area (Å²) in [5, 5.41) is 8.70. The second-order valence-electron chi connectivity index (χ2n) is 6.78. The number of anilines is 6. The maximum absolute atomic E-state index is 8.70. The summed E-state index contributed by atoms with van der Waals surface area (Å²) in [6.45, 7) is 1.95. The van der Waals surface area contributed by atoms with Crippen molar-refractivity contribution in [2.45, 2.75) is 6.92 Å². The number of aromatic hydroxyl groups is 1. The minimum Gasteiger partial charge on any atom is -0.508 e. The van der Waals surface area contributed by atoms with Crippen molar-refractivity contribution in [3.63, 3.8) is 0 Å². The van der Waals surface area contributed by atoms with Gasteiger partial charge in [-0.05, 0) is 85.3 Å². The molecule has 4 aromatic carbocycles. The Bertz CT molecular complexity index is 973. The van der Waals surface area contributed by atoms with Crippen molar-refractivity contribution in [1.29, 1.82) is 0 Å². The Balaban J connectivity index is -0.000000183. The topological polar surface area (TPSA) is 176 Å². The predicted molar refractivity (Wildman–Crippen MR) is 171 cm³/mol. The smallest absolute Gasteiger partial charge is 0.115 e. The monoisotopic (exact) mass is 546 g/mol. The fraction of sp³-hybridized carbons (Fsp3) is 0.0400. The van der Waals surface area contributed by atoms with Gasteiger partial charge in [-0.3, -0.25) is 0 Å². The molecule has 11 heteroatoms. The van der Waals surface area contributed by atoms with Crippen molar-refractivity contribution in [3.05, 3.63) is 103 Å². The maximum Gasteiger partial charge on any atom is 0.115 e. The standard InChI is InChI=1S/C7H10N2.C6H8N2.C6H7NO.C6H7N.2Na.2H2S/c1-5-2-3-6(8)4-7(5)9;7-5-1-2-6(8)4-3-5;7-5-1-3-6(8)4-2-5;7-6-4-2-1-3-5-6;;;;/h2-4H,8-9H2,1H3;1-4H,7-8H2;1-4,8H,7H2;1-5H,7H2;;;2*1H2. The van der Waals surface area contributed by atoms with Crippen LogP contribution >= 0.6 is 27.0 Å². The third-order valence-corrected chi connectivity index (χ3v) is 3.93. The normalized spacial score (nSPS) is 8.03. The Labute approximate surface area is 272 Å². The van der Waals surface area contributed by atoms with Crippen LogP contribution in [0.5, 0.6) is 5.75 Å². The minimum atomic E-state index is 0. The van der Waals surface area contributed by atoms with E-state index in [2.05, 4.69) is 0 Å². The van der Waals surface area contributed by atoms with Crippen LogP contribution in [0.2, 0.25) is 0 Å². The molecule has 0 saturated heterocycles. The summed E-state index contributed by atoms with van der Waals surface area (Å²) in [5.41, 5.74) is 37.9. The van der Waals surface area contributed by atoms with E-state index < -0.39 is 0 Å². The molecule has 0 aliphatic heterocycles. The fourth-order valence-corrected chi connectivity index (χ4v) is 2.08. The number of nitrogen functional groups attached to an aromatic ring is 6. The molecule has 0 saturated carbocycles. The third-order valence-electron chi connectivity index (χ3n) is 3.93. The quantitative estimate of drug-likeness (QED) is 0.0998. The first-order valence-corrected chi connectivity index (χ1v) is 9.75. The number of hydrogen-bond donors (Lipinski definition) is 7. The van der Waals surface area contributed by atoms with Gasteiger partial charge in [0.2, 0.25) is 0 Å². The average Bonchev–Trinajstić information content (AvgIpc) is 2.77. The van der Waals surface area contributed by atoms with Crippen LogP contribution in [0.25, 0.3) is 0 Å². The van der Waals surface area contributed by atoms with Crippen molar-refractivity contribution >= 4 is 120 Å². The van der Waals surface area contributed by atoms with E-state index in [9.17, 15) is 0 Å². The number of phenolic OH excluding ortho intramolecular Hbond substituents is 1. The number of hydrogen-bond acceptors (Lipinski definition) is 7. The molecule has 36 heavy (non-hydrogen) atoms. The molecule has 0 atom stereocenters. The third kappa shape index (κ3) is 20.4. The summed E-state index contributed by atoms with van der Waals surface area (Å²) in [4.78, 5) is 0. The van der Waals surface area contributed by atoms with Crippen LogP contribution in [0, 0.1) is 6.92 Å². The van der Waals surface area contributed by atoms with Gasteiger partial charge in [-0.1, -0.05) is 24.3 Å².